The zero-order valence-electron chi connectivity index (χ0n) is 15.1. The van der Waals surface area contributed by atoms with E-state index in [0.29, 0.717) is 24.4 Å². The lowest BCUT2D eigenvalue weighted by Crippen LogP contribution is -2.28. The first kappa shape index (κ1) is 18.4. The average Bonchev–Trinajstić information content (AvgIpc) is 3.46. The van der Waals surface area contributed by atoms with Gasteiger partial charge in [0, 0.05) is 12.0 Å². The van der Waals surface area contributed by atoms with Crippen molar-refractivity contribution in [3.05, 3.63) is 69.5 Å². The van der Waals surface area contributed by atoms with Gasteiger partial charge in [-0.1, -0.05) is 30.3 Å². The van der Waals surface area contributed by atoms with Crippen LogP contribution in [-0.2, 0) is 11.2 Å². The predicted octanol–water partition coefficient (Wildman–Crippen LogP) is 3.13. The molecule has 142 valence electrons. The van der Waals surface area contributed by atoms with E-state index < -0.39 is 6.04 Å². The average molecular weight is 393 g/mol. The number of rotatable bonds is 5. The lowest BCUT2D eigenvalue weighted by Gasteiger charge is -2.14. The molecular formula is C20H19N5O2S. The number of allylic oxidation sites excluding steroid dienone is 1. The highest BCUT2D eigenvalue weighted by Gasteiger charge is 2.27. The van der Waals surface area contributed by atoms with Crippen LogP contribution < -0.4 is 10.9 Å². The van der Waals surface area contributed by atoms with Crippen LogP contribution in [-0.4, -0.2) is 25.9 Å². The summed E-state index contributed by atoms with van der Waals surface area (Å²) >= 11 is 1.05. The van der Waals surface area contributed by atoms with Crippen LogP contribution in [0.15, 0.2) is 52.6 Å². The summed E-state index contributed by atoms with van der Waals surface area (Å²) in [6.07, 6.45) is 5.17. The molecule has 0 radical (unpaired) electrons. The fourth-order valence-electron chi connectivity index (χ4n) is 3.21. The van der Waals surface area contributed by atoms with Gasteiger partial charge in [0.1, 0.15) is 27.9 Å². The molecule has 1 atom stereocenters. The number of anilines is 1. The molecule has 0 saturated heterocycles. The SMILES string of the molecule is N=C(SC(=N)c1ccccc1)C(Nc1cnc2n(c1=O)C(C=O)CC2)=C1CC1. The van der Waals surface area contributed by atoms with Crippen LogP contribution in [0, 0.1) is 10.8 Å². The Hall–Kier alpha value is -3.00. The summed E-state index contributed by atoms with van der Waals surface area (Å²) in [5.74, 6) is 0.614. The van der Waals surface area contributed by atoms with Crippen LogP contribution in [0.1, 0.15) is 36.7 Å². The Morgan fingerprint density at radius 2 is 1.96 bits per heavy atom. The maximum atomic E-state index is 12.8. The van der Waals surface area contributed by atoms with E-state index in [4.69, 9.17) is 10.8 Å². The summed E-state index contributed by atoms with van der Waals surface area (Å²) in [5, 5.41) is 20.2. The standard InChI is InChI=1S/C20H19N5O2S/c21-18(13-4-2-1-3-5-13)28-19(22)17(12-6-7-12)24-15-10-23-16-9-8-14(11-26)25(16)20(15)27/h1-5,10-11,14,21-22,24H,6-9H2. The second-order valence-electron chi connectivity index (χ2n) is 6.74. The van der Waals surface area contributed by atoms with Gasteiger partial charge < -0.3 is 10.1 Å². The number of carbonyl (C=O) groups excluding carboxylic acids is 1. The molecule has 2 aliphatic rings. The molecule has 1 aliphatic carbocycles. The number of carbonyl (C=O) groups is 1. The van der Waals surface area contributed by atoms with Gasteiger partial charge in [0.25, 0.3) is 5.56 Å². The lowest BCUT2D eigenvalue weighted by atomic mass is 10.2. The quantitative estimate of drug-likeness (QED) is 0.410. The van der Waals surface area contributed by atoms with E-state index in [9.17, 15) is 9.59 Å². The first-order valence-electron chi connectivity index (χ1n) is 9.04. The number of nitrogens with one attached hydrogen (secondary N) is 3. The third kappa shape index (κ3) is 3.55. The predicted molar refractivity (Wildman–Crippen MR) is 110 cm³/mol. The molecule has 2 aromatic rings. The first-order valence-corrected chi connectivity index (χ1v) is 9.85. The molecule has 3 N–H and O–H groups in total. The maximum absolute atomic E-state index is 12.8. The molecule has 7 nitrogen and oxygen atoms in total. The monoisotopic (exact) mass is 393 g/mol. The van der Waals surface area contributed by atoms with Crippen LogP contribution in [0.2, 0.25) is 0 Å². The lowest BCUT2D eigenvalue weighted by molar-refractivity contribution is -0.110. The van der Waals surface area contributed by atoms with Crippen molar-refractivity contribution in [1.29, 1.82) is 10.8 Å². The van der Waals surface area contributed by atoms with E-state index in [1.807, 2.05) is 30.3 Å². The van der Waals surface area contributed by atoms with Crippen LogP contribution >= 0.6 is 11.8 Å². The number of aromatic nitrogens is 2. The van der Waals surface area contributed by atoms with Crippen molar-refractivity contribution in [1.82, 2.24) is 9.55 Å². The number of nitrogens with zero attached hydrogens (tertiary/aromatic N) is 2. The highest BCUT2D eigenvalue weighted by Crippen LogP contribution is 2.34. The molecule has 1 unspecified atom stereocenters. The van der Waals surface area contributed by atoms with Gasteiger partial charge in [-0.15, -0.1) is 0 Å². The van der Waals surface area contributed by atoms with Crippen molar-refractivity contribution in [3.8, 4) is 0 Å². The second-order valence-corrected chi connectivity index (χ2v) is 7.76. The zero-order chi connectivity index (χ0) is 19.7. The van der Waals surface area contributed by atoms with Crippen LogP contribution in [0.25, 0.3) is 0 Å². The molecule has 8 heteroatoms. The van der Waals surface area contributed by atoms with E-state index in [2.05, 4.69) is 10.3 Å². The fourth-order valence-corrected chi connectivity index (χ4v) is 3.96. The summed E-state index contributed by atoms with van der Waals surface area (Å²) in [6.45, 7) is 0. The number of aryl methyl sites for hydroxylation is 1. The summed E-state index contributed by atoms with van der Waals surface area (Å²) in [7, 11) is 0. The molecule has 2 heterocycles. The number of fused-ring (bicyclic) bond motifs is 1. The summed E-state index contributed by atoms with van der Waals surface area (Å²) in [4.78, 5) is 28.4. The minimum absolute atomic E-state index is 0.193. The number of benzene rings is 1. The molecule has 1 aromatic heterocycles. The third-order valence-corrected chi connectivity index (χ3v) is 5.65. The van der Waals surface area contributed by atoms with Gasteiger partial charge in [-0.3, -0.25) is 20.2 Å². The van der Waals surface area contributed by atoms with Gasteiger partial charge in [-0.2, -0.15) is 0 Å². The zero-order valence-corrected chi connectivity index (χ0v) is 15.9. The smallest absolute Gasteiger partial charge is 0.277 e. The minimum Gasteiger partial charge on any atom is -0.348 e. The Morgan fingerprint density at radius 3 is 2.64 bits per heavy atom. The molecule has 0 spiro atoms. The molecule has 0 amide bonds. The van der Waals surface area contributed by atoms with E-state index in [1.165, 1.54) is 10.8 Å². The molecule has 0 bridgehead atoms. The van der Waals surface area contributed by atoms with Crippen molar-refractivity contribution >= 4 is 33.8 Å². The van der Waals surface area contributed by atoms with Gasteiger partial charge in [0.2, 0.25) is 0 Å². The number of hydrogen-bond donors (Lipinski definition) is 3. The van der Waals surface area contributed by atoms with Crippen molar-refractivity contribution in [2.75, 3.05) is 5.32 Å². The second kappa shape index (κ2) is 7.55. The third-order valence-electron chi connectivity index (χ3n) is 4.80. The van der Waals surface area contributed by atoms with Gasteiger partial charge >= 0.3 is 0 Å². The summed E-state index contributed by atoms with van der Waals surface area (Å²) < 4.78 is 1.44. The topological polar surface area (TPSA) is 112 Å². The van der Waals surface area contributed by atoms with Gasteiger partial charge in [0.15, 0.2) is 0 Å². The van der Waals surface area contributed by atoms with Crippen LogP contribution in [0.4, 0.5) is 5.69 Å². The number of aldehydes is 1. The van der Waals surface area contributed by atoms with Gasteiger partial charge in [-0.25, -0.2) is 4.98 Å². The molecular weight excluding hydrogens is 374 g/mol. The normalized spacial score (nSPS) is 17.0. The Kier molecular flexibility index (Phi) is 4.95. The van der Waals surface area contributed by atoms with Crippen molar-refractivity contribution in [2.24, 2.45) is 0 Å². The van der Waals surface area contributed by atoms with E-state index in [0.717, 1.165) is 42.0 Å². The highest BCUT2D eigenvalue weighted by atomic mass is 32.2. The summed E-state index contributed by atoms with van der Waals surface area (Å²) in [6, 6.07) is 8.77. The van der Waals surface area contributed by atoms with Gasteiger partial charge in [-0.05, 0) is 36.6 Å². The number of hydrogen-bond acceptors (Lipinski definition) is 7. The molecule has 1 saturated carbocycles. The van der Waals surface area contributed by atoms with Crippen molar-refractivity contribution in [3.63, 3.8) is 0 Å². The fraction of sp³-hybridized carbons (Fsp3) is 0.250. The molecule has 1 aliphatic heterocycles. The van der Waals surface area contributed by atoms with E-state index in [-0.39, 0.29) is 21.3 Å². The Bertz CT molecular complexity index is 1050. The van der Waals surface area contributed by atoms with E-state index >= 15 is 0 Å². The molecule has 1 fully saturated rings. The van der Waals surface area contributed by atoms with Crippen molar-refractivity contribution in [2.45, 2.75) is 31.7 Å². The first-order chi connectivity index (χ1) is 13.6. The van der Waals surface area contributed by atoms with Crippen LogP contribution in [0.5, 0.6) is 0 Å². The molecule has 28 heavy (non-hydrogen) atoms. The highest BCUT2D eigenvalue weighted by molar-refractivity contribution is 8.27. The number of thioether (sulfide) groups is 1. The maximum Gasteiger partial charge on any atom is 0.277 e. The van der Waals surface area contributed by atoms with Crippen LogP contribution in [0.3, 0.4) is 0 Å². The molecule has 4 rings (SSSR count). The molecule has 1 aromatic carbocycles. The van der Waals surface area contributed by atoms with Gasteiger partial charge in [0.05, 0.1) is 17.9 Å². The van der Waals surface area contributed by atoms with Crippen molar-refractivity contribution < 1.29 is 4.79 Å². The Labute approximate surface area is 165 Å². The Morgan fingerprint density at radius 1 is 1.21 bits per heavy atom. The van der Waals surface area contributed by atoms with E-state index in [1.54, 1.807) is 0 Å². The Balaban J connectivity index is 1.57. The minimum atomic E-state index is -0.478. The largest absolute Gasteiger partial charge is 0.348 e. The summed E-state index contributed by atoms with van der Waals surface area (Å²) in [5.41, 5.74) is 2.31.